The molecule has 2 rings (SSSR count). The molecule has 1 aromatic carbocycles. The van der Waals surface area contributed by atoms with E-state index < -0.39 is 11.9 Å². The third kappa shape index (κ3) is 3.13. The largest absolute Gasteiger partial charge is 0.481 e. The van der Waals surface area contributed by atoms with Gasteiger partial charge in [-0.15, -0.1) is 0 Å². The molecular weight excluding hydrogens is 242 g/mol. The number of likely N-dealkylation sites (tertiary alicyclic amines) is 1. The molecule has 0 spiro atoms. The average molecular weight is 261 g/mol. The van der Waals surface area contributed by atoms with Crippen LogP contribution in [0.15, 0.2) is 24.3 Å². The highest BCUT2D eigenvalue weighted by Gasteiger charge is 2.28. The summed E-state index contributed by atoms with van der Waals surface area (Å²) < 4.78 is 0. The Morgan fingerprint density at radius 3 is 2.58 bits per heavy atom. The zero-order valence-electron chi connectivity index (χ0n) is 11.1. The van der Waals surface area contributed by atoms with Crippen molar-refractivity contribution in [1.29, 1.82) is 0 Å². The van der Waals surface area contributed by atoms with E-state index >= 15 is 0 Å². The Kier molecular flexibility index (Phi) is 4.20. The van der Waals surface area contributed by atoms with Crippen molar-refractivity contribution in [1.82, 2.24) is 4.90 Å². The molecule has 0 saturated carbocycles. The first-order chi connectivity index (χ1) is 9.11. The van der Waals surface area contributed by atoms with Crippen molar-refractivity contribution in [3.63, 3.8) is 0 Å². The van der Waals surface area contributed by atoms with Gasteiger partial charge in [0, 0.05) is 18.7 Å². The van der Waals surface area contributed by atoms with Gasteiger partial charge in [0.05, 0.1) is 5.92 Å². The number of carboxylic acid groups (broad SMARTS) is 1. The summed E-state index contributed by atoms with van der Waals surface area (Å²) in [6.45, 7) is 3.04. The van der Waals surface area contributed by atoms with E-state index in [1.807, 2.05) is 24.3 Å². The van der Waals surface area contributed by atoms with Crippen molar-refractivity contribution < 1.29 is 14.7 Å². The maximum absolute atomic E-state index is 12.3. The molecule has 1 saturated heterocycles. The second-order valence-electron chi connectivity index (χ2n) is 4.98. The second-order valence-corrected chi connectivity index (χ2v) is 4.98. The van der Waals surface area contributed by atoms with Crippen LogP contribution in [-0.2, 0) is 11.2 Å². The minimum atomic E-state index is -0.807. The van der Waals surface area contributed by atoms with Crippen molar-refractivity contribution in [2.45, 2.75) is 26.2 Å². The first-order valence-electron chi connectivity index (χ1n) is 6.73. The van der Waals surface area contributed by atoms with Crippen LogP contribution >= 0.6 is 0 Å². The number of piperidine rings is 1. The van der Waals surface area contributed by atoms with Crippen LogP contribution in [0.2, 0.25) is 0 Å². The molecule has 0 bridgehead atoms. The van der Waals surface area contributed by atoms with Gasteiger partial charge >= 0.3 is 5.97 Å². The van der Waals surface area contributed by atoms with E-state index in [9.17, 15) is 9.59 Å². The predicted octanol–water partition coefficient (Wildman–Crippen LogP) is 2.19. The van der Waals surface area contributed by atoms with Gasteiger partial charge in [0.25, 0.3) is 5.91 Å². The van der Waals surface area contributed by atoms with Crippen LogP contribution in [0, 0.1) is 5.92 Å². The normalized spacial score (nSPS) is 19.2. The van der Waals surface area contributed by atoms with Gasteiger partial charge in [-0.3, -0.25) is 9.59 Å². The summed E-state index contributed by atoms with van der Waals surface area (Å²) in [4.78, 5) is 25.0. The summed E-state index contributed by atoms with van der Waals surface area (Å²) in [5.74, 6) is -1.29. The molecule has 1 atom stereocenters. The molecule has 102 valence electrons. The summed E-state index contributed by atoms with van der Waals surface area (Å²) in [5.41, 5.74) is 1.84. The van der Waals surface area contributed by atoms with E-state index in [4.69, 9.17) is 5.11 Å². The molecule has 1 aliphatic heterocycles. The van der Waals surface area contributed by atoms with Gasteiger partial charge in [0.15, 0.2) is 0 Å². The van der Waals surface area contributed by atoms with E-state index in [0.29, 0.717) is 25.1 Å². The third-order valence-corrected chi connectivity index (χ3v) is 3.67. The van der Waals surface area contributed by atoms with Gasteiger partial charge in [-0.1, -0.05) is 19.1 Å². The van der Waals surface area contributed by atoms with Gasteiger partial charge in [0.2, 0.25) is 0 Å². The number of hydrogen-bond donors (Lipinski definition) is 1. The van der Waals surface area contributed by atoms with Crippen molar-refractivity contribution in [2.24, 2.45) is 5.92 Å². The number of hydrogen-bond acceptors (Lipinski definition) is 2. The standard InChI is InChI=1S/C15H19NO3/c1-2-11-5-7-12(8-6-11)14(17)16-9-3-4-13(10-16)15(18)19/h5-8,13H,2-4,9-10H2,1H3,(H,18,19). The van der Waals surface area contributed by atoms with Crippen molar-refractivity contribution in [2.75, 3.05) is 13.1 Å². The Morgan fingerprint density at radius 1 is 1.32 bits per heavy atom. The topological polar surface area (TPSA) is 57.6 Å². The molecule has 0 aliphatic carbocycles. The second kappa shape index (κ2) is 5.87. The Bertz CT molecular complexity index is 467. The lowest BCUT2D eigenvalue weighted by atomic mass is 9.97. The number of carbonyl (C=O) groups excluding carboxylic acids is 1. The van der Waals surface area contributed by atoms with Gasteiger partial charge in [0.1, 0.15) is 0 Å². The zero-order valence-corrected chi connectivity index (χ0v) is 11.1. The molecule has 1 fully saturated rings. The fourth-order valence-corrected chi connectivity index (χ4v) is 2.43. The number of benzene rings is 1. The summed E-state index contributed by atoms with van der Waals surface area (Å²) in [6, 6.07) is 7.55. The lowest BCUT2D eigenvalue weighted by Crippen LogP contribution is -2.42. The number of nitrogens with zero attached hydrogens (tertiary/aromatic N) is 1. The van der Waals surface area contributed by atoms with Crippen molar-refractivity contribution >= 4 is 11.9 Å². The van der Waals surface area contributed by atoms with Crippen LogP contribution in [0.25, 0.3) is 0 Å². The Hall–Kier alpha value is -1.84. The minimum absolute atomic E-state index is 0.0615. The number of rotatable bonds is 3. The minimum Gasteiger partial charge on any atom is -0.481 e. The Balaban J connectivity index is 2.07. The van der Waals surface area contributed by atoms with Crippen LogP contribution in [0.5, 0.6) is 0 Å². The SMILES string of the molecule is CCc1ccc(C(=O)N2CCCC(C(=O)O)C2)cc1. The molecule has 1 amide bonds. The number of aryl methyl sites for hydroxylation is 1. The van der Waals surface area contributed by atoms with E-state index in [1.54, 1.807) is 4.90 Å². The monoisotopic (exact) mass is 261 g/mol. The lowest BCUT2D eigenvalue weighted by molar-refractivity contribution is -0.143. The fourth-order valence-electron chi connectivity index (χ4n) is 2.43. The van der Waals surface area contributed by atoms with Crippen molar-refractivity contribution in [3.8, 4) is 0 Å². The molecule has 0 radical (unpaired) electrons. The zero-order chi connectivity index (χ0) is 13.8. The predicted molar refractivity (Wildman–Crippen MR) is 72.1 cm³/mol. The average Bonchev–Trinajstić information content (AvgIpc) is 2.46. The Morgan fingerprint density at radius 2 is 2.00 bits per heavy atom. The summed E-state index contributed by atoms with van der Waals surface area (Å²) in [5, 5.41) is 9.04. The number of amides is 1. The van der Waals surface area contributed by atoms with Gasteiger partial charge in [-0.05, 0) is 37.0 Å². The van der Waals surface area contributed by atoms with Crippen LogP contribution in [0.3, 0.4) is 0 Å². The molecule has 1 unspecified atom stereocenters. The maximum atomic E-state index is 12.3. The van der Waals surface area contributed by atoms with Gasteiger partial charge in [-0.2, -0.15) is 0 Å². The van der Waals surface area contributed by atoms with Crippen LogP contribution < -0.4 is 0 Å². The molecule has 1 aliphatic rings. The van der Waals surface area contributed by atoms with E-state index in [0.717, 1.165) is 12.8 Å². The fraction of sp³-hybridized carbons (Fsp3) is 0.467. The smallest absolute Gasteiger partial charge is 0.308 e. The number of carboxylic acids is 1. The van der Waals surface area contributed by atoms with Crippen LogP contribution in [-0.4, -0.2) is 35.0 Å². The third-order valence-electron chi connectivity index (χ3n) is 3.67. The molecule has 1 heterocycles. The molecule has 4 nitrogen and oxygen atoms in total. The summed E-state index contributed by atoms with van der Waals surface area (Å²) in [6.07, 6.45) is 2.36. The quantitative estimate of drug-likeness (QED) is 0.907. The van der Waals surface area contributed by atoms with Gasteiger partial charge in [-0.25, -0.2) is 0 Å². The number of aliphatic carboxylic acids is 1. The first-order valence-corrected chi connectivity index (χ1v) is 6.73. The molecule has 1 N–H and O–H groups in total. The summed E-state index contributed by atoms with van der Waals surface area (Å²) >= 11 is 0. The van der Waals surface area contributed by atoms with E-state index in [-0.39, 0.29) is 5.91 Å². The lowest BCUT2D eigenvalue weighted by Gasteiger charge is -2.30. The highest BCUT2D eigenvalue weighted by Crippen LogP contribution is 2.19. The highest BCUT2D eigenvalue weighted by atomic mass is 16.4. The van der Waals surface area contributed by atoms with Crippen molar-refractivity contribution in [3.05, 3.63) is 35.4 Å². The maximum Gasteiger partial charge on any atom is 0.308 e. The number of carbonyl (C=O) groups is 2. The molecule has 1 aromatic rings. The first kappa shape index (κ1) is 13.6. The molecule has 4 heteroatoms. The molecular formula is C15H19NO3. The van der Waals surface area contributed by atoms with Crippen LogP contribution in [0.4, 0.5) is 0 Å². The molecule has 19 heavy (non-hydrogen) atoms. The van der Waals surface area contributed by atoms with Crippen LogP contribution in [0.1, 0.15) is 35.7 Å². The Labute approximate surface area is 113 Å². The highest BCUT2D eigenvalue weighted by molar-refractivity contribution is 5.94. The van der Waals surface area contributed by atoms with E-state index in [2.05, 4.69) is 6.92 Å². The summed E-state index contributed by atoms with van der Waals surface area (Å²) in [7, 11) is 0. The molecule has 0 aromatic heterocycles. The van der Waals surface area contributed by atoms with Gasteiger partial charge < -0.3 is 10.0 Å². The van der Waals surface area contributed by atoms with E-state index in [1.165, 1.54) is 5.56 Å².